The van der Waals surface area contributed by atoms with Gasteiger partial charge in [-0.15, -0.1) is 22.7 Å². The second-order valence-corrected chi connectivity index (χ2v) is 25.6. The average molecular weight is 919 g/mol. The molecular weight excluding hydrogens is 861 g/mol. The number of fused-ring (bicyclic) bond motifs is 2. The fraction of sp³-hybridized carbons (Fsp3) is 0.542. The van der Waals surface area contributed by atoms with Crippen LogP contribution in [0, 0.1) is 21.4 Å². The Hall–Kier alpha value is -3.08. The molecule has 4 N–H and O–H groups in total. The maximum absolute atomic E-state index is 13.1. The third-order valence-electron chi connectivity index (χ3n) is 14.0. The molecule has 0 amide bonds. The molecule has 2 saturated heterocycles. The van der Waals surface area contributed by atoms with Gasteiger partial charge in [-0.05, 0) is 132 Å². The minimum Gasteiger partial charge on any atom is -0.379 e. The van der Waals surface area contributed by atoms with E-state index in [1.807, 2.05) is 0 Å². The van der Waals surface area contributed by atoms with Crippen molar-refractivity contribution in [1.29, 1.82) is 9.56 Å². The highest BCUT2D eigenvalue weighted by Crippen LogP contribution is 2.40. The van der Waals surface area contributed by atoms with Crippen LogP contribution in [0.5, 0.6) is 0 Å². The number of Topliss-reactive ketones (excluding diaryl/α,β-unsaturated/α-hetero) is 2. The Kier molecular flexibility index (Phi) is 12.6. The summed E-state index contributed by atoms with van der Waals surface area (Å²) in [6.45, 7) is 0.865. The van der Waals surface area contributed by atoms with Crippen molar-refractivity contribution in [3.8, 4) is 0 Å². The lowest BCUT2D eigenvalue weighted by Crippen LogP contribution is -2.45. The molecule has 332 valence electrons. The van der Waals surface area contributed by atoms with Gasteiger partial charge in [0.25, 0.3) is 0 Å². The quantitative estimate of drug-likeness (QED) is 0.0874. The lowest BCUT2D eigenvalue weighted by atomic mass is 9.79. The molecule has 2 aliphatic heterocycles. The summed E-state index contributed by atoms with van der Waals surface area (Å²) in [6, 6.07) is 15.6. The topological polar surface area (TPSA) is 175 Å². The zero-order chi connectivity index (χ0) is 43.3. The van der Waals surface area contributed by atoms with Crippen molar-refractivity contribution in [3.05, 3.63) is 103 Å². The predicted octanol–water partition coefficient (Wildman–Crippen LogP) is 8.03. The van der Waals surface area contributed by atoms with Gasteiger partial charge in [0.05, 0.1) is 57.4 Å². The van der Waals surface area contributed by atoms with Gasteiger partial charge in [-0.1, -0.05) is 62.8 Å². The lowest BCUT2D eigenvalue weighted by Gasteiger charge is -2.35. The minimum atomic E-state index is -3.23. The fourth-order valence-corrected chi connectivity index (χ4v) is 15.4. The molecule has 6 aliphatic rings. The van der Waals surface area contributed by atoms with Crippen LogP contribution in [0.25, 0.3) is 0 Å². The van der Waals surface area contributed by atoms with Crippen molar-refractivity contribution in [1.82, 2.24) is 0 Å². The number of carbonyl (C=O) groups excluding carboxylic acids is 2. The van der Waals surface area contributed by atoms with E-state index in [4.69, 9.17) is 19.0 Å². The van der Waals surface area contributed by atoms with Crippen molar-refractivity contribution < 1.29 is 37.7 Å². The Bertz CT molecular complexity index is 2400. The summed E-state index contributed by atoms with van der Waals surface area (Å²) in [6.07, 6.45) is 16.7. The van der Waals surface area contributed by atoms with Crippen LogP contribution in [0.1, 0.15) is 106 Å². The van der Waals surface area contributed by atoms with Crippen molar-refractivity contribution in [2.24, 2.45) is 11.8 Å². The van der Waals surface area contributed by atoms with Gasteiger partial charge in [0.2, 0.25) is 0 Å². The standard InChI is InChI=1S/2C24H29NO4S2/c2*25-31(28,23-10-9-22(30-23)24(27)14-29-15-24)13-19(26)12-21-18(11-16-3-1-4-16)8-7-17-5-2-6-20(17)21/h2*7-10,16,25,27H,1-6,11-15H2/t2*31-/m10/s1. The maximum Gasteiger partial charge on any atom is 0.151 e. The molecule has 14 heteroatoms. The van der Waals surface area contributed by atoms with Gasteiger partial charge in [-0.3, -0.25) is 9.59 Å². The zero-order valence-electron chi connectivity index (χ0n) is 35.3. The monoisotopic (exact) mass is 918 g/mol. The molecule has 2 aromatic heterocycles. The summed E-state index contributed by atoms with van der Waals surface area (Å²) in [5, 5.41) is 20.8. The Morgan fingerprint density at radius 3 is 1.34 bits per heavy atom. The number of nitrogens with one attached hydrogen (secondary N) is 2. The van der Waals surface area contributed by atoms with Crippen LogP contribution in [0.15, 0.2) is 56.9 Å². The third kappa shape index (κ3) is 9.22. The highest BCUT2D eigenvalue weighted by atomic mass is 32.2. The summed E-state index contributed by atoms with van der Waals surface area (Å²) in [5.41, 5.74) is 8.13. The first-order valence-corrected chi connectivity index (χ1v) is 27.4. The molecule has 2 aromatic carbocycles. The number of ketones is 2. The molecule has 2 atom stereocenters. The van der Waals surface area contributed by atoms with Crippen LogP contribution in [-0.4, -0.2) is 68.1 Å². The number of rotatable bonds is 16. The second-order valence-electron chi connectivity index (χ2n) is 18.7. The normalized spacial score (nSPS) is 21.7. The molecule has 0 unspecified atom stereocenters. The minimum absolute atomic E-state index is 0.129. The molecule has 62 heavy (non-hydrogen) atoms. The van der Waals surface area contributed by atoms with Gasteiger partial charge in [0.1, 0.15) is 19.6 Å². The molecule has 10 nitrogen and oxygen atoms in total. The summed E-state index contributed by atoms with van der Waals surface area (Å²) >= 11 is 2.34. The highest BCUT2D eigenvalue weighted by Gasteiger charge is 2.41. The lowest BCUT2D eigenvalue weighted by molar-refractivity contribution is -0.182. The SMILES string of the molecule is N=[S@@](=O)(CC(=O)Cc1c(CC2CCC2)ccc2c1CCC2)c1ccc(C2(O)COC2)s1.N=[S@](=O)(CC(=O)Cc1c(CC2CCC2)ccc2c1CCC2)c1ccc(C2(O)COC2)s1. The van der Waals surface area contributed by atoms with Gasteiger partial charge in [-0.2, -0.15) is 0 Å². The third-order valence-corrected chi connectivity index (χ3v) is 21.3. The van der Waals surface area contributed by atoms with Crippen molar-refractivity contribution in [2.75, 3.05) is 37.9 Å². The summed E-state index contributed by atoms with van der Waals surface area (Å²) in [5.74, 6) is 0.647. The Balaban J connectivity index is 0.000000158. The summed E-state index contributed by atoms with van der Waals surface area (Å²) in [4.78, 5) is 27.4. The van der Waals surface area contributed by atoms with E-state index < -0.39 is 30.7 Å². The van der Waals surface area contributed by atoms with Crippen LogP contribution in [0.2, 0.25) is 0 Å². The smallest absolute Gasteiger partial charge is 0.151 e. The second kappa shape index (κ2) is 17.7. The van der Waals surface area contributed by atoms with Gasteiger partial charge < -0.3 is 19.7 Å². The van der Waals surface area contributed by atoms with Gasteiger partial charge in [-0.25, -0.2) is 18.0 Å². The van der Waals surface area contributed by atoms with E-state index in [0.29, 0.717) is 18.2 Å². The van der Waals surface area contributed by atoms with E-state index in [9.17, 15) is 28.2 Å². The molecule has 4 heterocycles. The number of aliphatic hydroxyl groups is 2. The first kappa shape index (κ1) is 44.1. The van der Waals surface area contributed by atoms with E-state index in [0.717, 1.165) is 74.3 Å². The molecule has 4 fully saturated rings. The Labute approximate surface area is 373 Å². The number of benzene rings is 2. The number of hydrogen-bond donors (Lipinski definition) is 4. The first-order valence-electron chi connectivity index (χ1n) is 22.3. The summed E-state index contributed by atoms with van der Waals surface area (Å²) < 4.78 is 54.0. The van der Waals surface area contributed by atoms with Crippen molar-refractivity contribution in [3.63, 3.8) is 0 Å². The maximum atomic E-state index is 13.1. The van der Waals surface area contributed by atoms with Crippen molar-refractivity contribution >= 4 is 53.7 Å². The number of ether oxygens (including phenoxy) is 2. The van der Waals surface area contributed by atoms with E-state index in [1.165, 1.54) is 94.6 Å². The average Bonchev–Trinajstić information content (AvgIpc) is 4.01. The van der Waals surface area contributed by atoms with Crippen LogP contribution in [0.4, 0.5) is 0 Å². The number of aryl methyl sites for hydroxylation is 2. The largest absolute Gasteiger partial charge is 0.379 e. The van der Waals surface area contributed by atoms with Crippen LogP contribution >= 0.6 is 22.7 Å². The Morgan fingerprint density at radius 2 is 1.00 bits per heavy atom. The molecule has 4 aromatic rings. The number of thiophene rings is 2. The molecule has 0 bridgehead atoms. The van der Waals surface area contributed by atoms with Gasteiger partial charge in [0.15, 0.2) is 11.6 Å². The first-order chi connectivity index (χ1) is 29.7. The van der Waals surface area contributed by atoms with Gasteiger partial charge >= 0.3 is 0 Å². The van der Waals surface area contributed by atoms with E-state index in [-0.39, 0.29) is 62.3 Å². The van der Waals surface area contributed by atoms with E-state index in [1.54, 1.807) is 24.3 Å². The summed E-state index contributed by atoms with van der Waals surface area (Å²) in [7, 11) is -6.46. The number of hydrogen-bond acceptors (Lipinski definition) is 12. The van der Waals surface area contributed by atoms with Crippen LogP contribution < -0.4 is 0 Å². The molecule has 2 saturated carbocycles. The van der Waals surface area contributed by atoms with Crippen LogP contribution in [0.3, 0.4) is 0 Å². The van der Waals surface area contributed by atoms with E-state index in [2.05, 4.69) is 24.3 Å². The number of carbonyl (C=O) groups is 2. The van der Waals surface area contributed by atoms with Gasteiger partial charge in [0, 0.05) is 22.6 Å². The molecule has 10 rings (SSSR count). The van der Waals surface area contributed by atoms with Crippen molar-refractivity contribution in [2.45, 2.75) is 122 Å². The molecular formula is C48H58N2O8S4. The molecule has 0 spiro atoms. The fourth-order valence-electron chi connectivity index (χ4n) is 9.88. The molecule has 0 radical (unpaired) electrons. The van der Waals surface area contributed by atoms with Crippen LogP contribution in [-0.2, 0) is 101 Å². The zero-order valence-corrected chi connectivity index (χ0v) is 38.6. The Morgan fingerprint density at radius 1 is 0.597 bits per heavy atom. The highest BCUT2D eigenvalue weighted by molar-refractivity contribution is 7.95. The van der Waals surface area contributed by atoms with E-state index >= 15 is 0 Å². The molecule has 4 aliphatic carbocycles. The predicted molar refractivity (Wildman–Crippen MR) is 243 cm³/mol.